The number of hydrogen-bond donors (Lipinski definition) is 0. The molecule has 0 spiro atoms. The molecule has 0 aliphatic rings. The molecule has 1 aromatic carbocycles. The van der Waals surface area contributed by atoms with Crippen molar-refractivity contribution in [3.8, 4) is 0 Å². The molecule has 0 saturated heterocycles. The van der Waals surface area contributed by atoms with Crippen LogP contribution in [-0.2, 0) is 4.74 Å². The van der Waals surface area contributed by atoms with Crippen molar-refractivity contribution in [1.29, 1.82) is 0 Å². The van der Waals surface area contributed by atoms with Gasteiger partial charge in [-0.05, 0) is 29.5 Å². The molecule has 0 radical (unpaired) electrons. The number of benzene rings is 1. The lowest BCUT2D eigenvalue weighted by molar-refractivity contribution is 0.0453. The van der Waals surface area contributed by atoms with Gasteiger partial charge in [-0.2, -0.15) is 0 Å². The van der Waals surface area contributed by atoms with Crippen molar-refractivity contribution in [2.75, 3.05) is 6.61 Å². The van der Waals surface area contributed by atoms with Gasteiger partial charge in [0.25, 0.3) is 0 Å². The zero-order valence-corrected chi connectivity index (χ0v) is 10.8. The number of carbonyl (C=O) groups excluding carboxylic acids is 1. The highest BCUT2D eigenvalue weighted by molar-refractivity contribution is 5.90. The van der Waals surface area contributed by atoms with Crippen LogP contribution in [0, 0.1) is 11.7 Å². The molecular weight excluding hydrogens is 219 g/mol. The molecule has 0 aliphatic carbocycles. The number of carbonyl (C=O) groups is 1. The van der Waals surface area contributed by atoms with Crippen LogP contribution >= 0.6 is 0 Å². The molecule has 94 valence electrons. The summed E-state index contributed by atoms with van der Waals surface area (Å²) in [6.45, 7) is 8.18. The van der Waals surface area contributed by atoms with E-state index < -0.39 is 11.8 Å². The van der Waals surface area contributed by atoms with Crippen LogP contribution in [0.15, 0.2) is 18.2 Å². The van der Waals surface area contributed by atoms with E-state index in [9.17, 15) is 9.18 Å². The molecule has 17 heavy (non-hydrogen) atoms. The molecule has 0 amide bonds. The summed E-state index contributed by atoms with van der Waals surface area (Å²) in [5.74, 6) is -0.607. The Morgan fingerprint density at radius 3 is 2.47 bits per heavy atom. The van der Waals surface area contributed by atoms with Gasteiger partial charge in [0.15, 0.2) is 0 Å². The van der Waals surface area contributed by atoms with Crippen molar-refractivity contribution in [1.82, 2.24) is 0 Å². The maximum absolute atomic E-state index is 13.5. The number of rotatable bonds is 4. The Kier molecular flexibility index (Phi) is 4.67. The number of hydrogen-bond acceptors (Lipinski definition) is 2. The van der Waals surface area contributed by atoms with Crippen molar-refractivity contribution in [2.24, 2.45) is 5.92 Å². The summed E-state index contributed by atoms with van der Waals surface area (Å²) >= 11 is 0. The smallest absolute Gasteiger partial charge is 0.341 e. The van der Waals surface area contributed by atoms with Crippen LogP contribution in [0.2, 0.25) is 0 Å². The molecule has 0 N–H and O–H groups in total. The lowest BCUT2D eigenvalue weighted by Gasteiger charge is -2.10. The SMILES string of the molecule is CC(C)COC(=O)c1cc(C(C)C)ccc1F. The Labute approximate surface area is 102 Å². The average molecular weight is 238 g/mol. The van der Waals surface area contributed by atoms with E-state index in [0.717, 1.165) is 5.56 Å². The first-order chi connectivity index (χ1) is 7.91. The molecule has 0 heterocycles. The average Bonchev–Trinajstić information content (AvgIpc) is 2.26. The predicted octanol–water partition coefficient (Wildman–Crippen LogP) is 3.76. The van der Waals surface area contributed by atoms with Crippen molar-refractivity contribution in [2.45, 2.75) is 33.6 Å². The zero-order chi connectivity index (χ0) is 13.0. The fourth-order valence-corrected chi connectivity index (χ4v) is 1.38. The van der Waals surface area contributed by atoms with E-state index in [-0.39, 0.29) is 17.4 Å². The zero-order valence-electron chi connectivity index (χ0n) is 10.8. The quantitative estimate of drug-likeness (QED) is 0.746. The van der Waals surface area contributed by atoms with Gasteiger partial charge in [0.05, 0.1) is 12.2 Å². The van der Waals surface area contributed by atoms with E-state index in [0.29, 0.717) is 6.61 Å². The topological polar surface area (TPSA) is 26.3 Å². The summed E-state index contributed by atoms with van der Waals surface area (Å²) in [7, 11) is 0. The first kappa shape index (κ1) is 13.7. The van der Waals surface area contributed by atoms with Crippen LogP contribution in [0.1, 0.15) is 49.5 Å². The first-order valence-electron chi connectivity index (χ1n) is 5.88. The van der Waals surface area contributed by atoms with E-state index in [2.05, 4.69) is 0 Å². The largest absolute Gasteiger partial charge is 0.462 e. The van der Waals surface area contributed by atoms with Gasteiger partial charge in [0.1, 0.15) is 5.82 Å². The maximum Gasteiger partial charge on any atom is 0.341 e. The lowest BCUT2D eigenvalue weighted by Crippen LogP contribution is -2.12. The summed E-state index contributed by atoms with van der Waals surface area (Å²) in [4.78, 5) is 11.7. The van der Waals surface area contributed by atoms with E-state index >= 15 is 0 Å². The summed E-state index contributed by atoms with van der Waals surface area (Å²) in [5, 5.41) is 0. The second-order valence-corrected chi connectivity index (χ2v) is 4.89. The Morgan fingerprint density at radius 2 is 1.94 bits per heavy atom. The predicted molar refractivity (Wildman–Crippen MR) is 65.6 cm³/mol. The van der Waals surface area contributed by atoms with Crippen LogP contribution < -0.4 is 0 Å². The number of esters is 1. The highest BCUT2D eigenvalue weighted by Crippen LogP contribution is 2.19. The lowest BCUT2D eigenvalue weighted by atomic mass is 10.0. The van der Waals surface area contributed by atoms with E-state index in [4.69, 9.17) is 4.74 Å². The molecule has 1 aromatic rings. The van der Waals surface area contributed by atoms with Crippen LogP contribution in [0.3, 0.4) is 0 Å². The fourth-order valence-electron chi connectivity index (χ4n) is 1.38. The number of halogens is 1. The minimum atomic E-state index is -0.585. The van der Waals surface area contributed by atoms with Crippen molar-refractivity contribution >= 4 is 5.97 Å². The molecule has 1 rings (SSSR count). The molecule has 2 nitrogen and oxygen atoms in total. The monoisotopic (exact) mass is 238 g/mol. The Hall–Kier alpha value is -1.38. The van der Waals surface area contributed by atoms with E-state index in [1.807, 2.05) is 27.7 Å². The van der Waals surface area contributed by atoms with Gasteiger partial charge >= 0.3 is 5.97 Å². The highest BCUT2D eigenvalue weighted by Gasteiger charge is 2.15. The molecule has 0 unspecified atom stereocenters. The summed E-state index contributed by atoms with van der Waals surface area (Å²) in [6.07, 6.45) is 0. The fraction of sp³-hybridized carbons (Fsp3) is 0.500. The Balaban J connectivity index is 2.88. The van der Waals surface area contributed by atoms with Gasteiger partial charge in [-0.15, -0.1) is 0 Å². The minimum Gasteiger partial charge on any atom is -0.462 e. The van der Waals surface area contributed by atoms with Crippen molar-refractivity contribution in [3.63, 3.8) is 0 Å². The minimum absolute atomic E-state index is 0.0249. The highest BCUT2D eigenvalue weighted by atomic mass is 19.1. The second kappa shape index (κ2) is 5.80. The molecule has 0 bridgehead atoms. The first-order valence-corrected chi connectivity index (χ1v) is 5.88. The van der Waals surface area contributed by atoms with Crippen LogP contribution in [-0.4, -0.2) is 12.6 Å². The maximum atomic E-state index is 13.5. The van der Waals surface area contributed by atoms with Gasteiger partial charge in [-0.25, -0.2) is 9.18 Å². The van der Waals surface area contributed by atoms with E-state index in [1.54, 1.807) is 12.1 Å². The van der Waals surface area contributed by atoms with E-state index in [1.165, 1.54) is 6.07 Å². The van der Waals surface area contributed by atoms with Crippen molar-refractivity contribution in [3.05, 3.63) is 35.1 Å². The van der Waals surface area contributed by atoms with Crippen molar-refractivity contribution < 1.29 is 13.9 Å². The van der Waals surface area contributed by atoms with Gasteiger partial charge in [0, 0.05) is 0 Å². The van der Waals surface area contributed by atoms with Crippen LogP contribution in [0.4, 0.5) is 4.39 Å². The standard InChI is InChI=1S/C14H19FO2/c1-9(2)8-17-14(16)12-7-11(10(3)4)5-6-13(12)15/h5-7,9-10H,8H2,1-4H3. The third-order valence-corrected chi connectivity index (χ3v) is 2.42. The molecule has 0 aliphatic heterocycles. The summed E-state index contributed by atoms with van der Waals surface area (Å²) in [5.41, 5.74) is 0.958. The molecular formula is C14H19FO2. The third kappa shape index (κ3) is 3.84. The second-order valence-electron chi connectivity index (χ2n) is 4.89. The molecule has 3 heteroatoms. The summed E-state index contributed by atoms with van der Waals surface area (Å²) in [6, 6.07) is 4.59. The van der Waals surface area contributed by atoms with Gasteiger partial charge in [-0.3, -0.25) is 0 Å². The Morgan fingerprint density at radius 1 is 1.29 bits per heavy atom. The molecule has 0 atom stereocenters. The number of ether oxygens (including phenoxy) is 1. The third-order valence-electron chi connectivity index (χ3n) is 2.42. The summed E-state index contributed by atoms with van der Waals surface area (Å²) < 4.78 is 18.5. The molecule has 0 aromatic heterocycles. The molecule has 0 fully saturated rings. The molecule has 0 saturated carbocycles. The Bertz CT molecular complexity index is 397. The van der Waals surface area contributed by atoms with Gasteiger partial charge in [-0.1, -0.05) is 33.8 Å². The van der Waals surface area contributed by atoms with Crippen LogP contribution in [0.25, 0.3) is 0 Å². The van der Waals surface area contributed by atoms with Crippen LogP contribution in [0.5, 0.6) is 0 Å². The van der Waals surface area contributed by atoms with Gasteiger partial charge < -0.3 is 4.74 Å². The van der Waals surface area contributed by atoms with Gasteiger partial charge in [0.2, 0.25) is 0 Å². The normalized spacial score (nSPS) is 11.0.